The molecule has 0 spiro atoms. The SMILES string of the molecule is C=C1C=CC(c2cccc(S(=O)(=O)N(C)C)c2)=CN1c1cccc(C)c1. The van der Waals surface area contributed by atoms with E-state index >= 15 is 0 Å². The van der Waals surface area contributed by atoms with Crippen LogP contribution in [0.3, 0.4) is 0 Å². The van der Waals surface area contributed by atoms with Crippen molar-refractivity contribution in [2.24, 2.45) is 0 Å². The maximum absolute atomic E-state index is 12.4. The van der Waals surface area contributed by atoms with Crippen LogP contribution in [0.15, 0.2) is 84.1 Å². The van der Waals surface area contributed by atoms with Crippen LogP contribution in [-0.4, -0.2) is 26.8 Å². The van der Waals surface area contributed by atoms with E-state index < -0.39 is 10.0 Å². The second kappa shape index (κ2) is 6.94. The fourth-order valence-corrected chi connectivity index (χ4v) is 3.72. The largest absolute Gasteiger partial charge is 0.317 e. The lowest BCUT2D eigenvalue weighted by Gasteiger charge is -2.26. The van der Waals surface area contributed by atoms with Gasteiger partial charge in [-0.15, -0.1) is 0 Å². The second-order valence-corrected chi connectivity index (χ2v) is 8.59. The molecule has 0 amide bonds. The van der Waals surface area contributed by atoms with Crippen LogP contribution in [0, 0.1) is 6.92 Å². The van der Waals surface area contributed by atoms with Crippen LogP contribution < -0.4 is 4.90 Å². The molecule has 1 aliphatic heterocycles. The maximum Gasteiger partial charge on any atom is 0.242 e. The number of rotatable bonds is 4. The number of allylic oxidation sites excluding steroid dienone is 3. The minimum Gasteiger partial charge on any atom is -0.317 e. The van der Waals surface area contributed by atoms with Crippen LogP contribution in [0.4, 0.5) is 5.69 Å². The molecule has 0 N–H and O–H groups in total. The number of hydrogen-bond acceptors (Lipinski definition) is 3. The summed E-state index contributed by atoms with van der Waals surface area (Å²) < 4.78 is 26.0. The molecule has 2 aromatic carbocycles. The van der Waals surface area contributed by atoms with Crippen molar-refractivity contribution >= 4 is 21.3 Å². The van der Waals surface area contributed by atoms with Crippen LogP contribution in [0.5, 0.6) is 0 Å². The molecule has 26 heavy (non-hydrogen) atoms. The number of hydrogen-bond donors (Lipinski definition) is 0. The Morgan fingerprint density at radius 1 is 1.00 bits per heavy atom. The average molecular weight is 366 g/mol. The lowest BCUT2D eigenvalue weighted by Crippen LogP contribution is -2.22. The first-order valence-corrected chi connectivity index (χ1v) is 9.71. The smallest absolute Gasteiger partial charge is 0.242 e. The minimum atomic E-state index is -3.47. The quantitative estimate of drug-likeness (QED) is 0.815. The van der Waals surface area contributed by atoms with E-state index in [1.54, 1.807) is 18.2 Å². The Morgan fingerprint density at radius 2 is 1.73 bits per heavy atom. The second-order valence-electron chi connectivity index (χ2n) is 6.43. The summed E-state index contributed by atoms with van der Waals surface area (Å²) in [6.07, 6.45) is 5.87. The predicted octanol–water partition coefficient (Wildman–Crippen LogP) is 4.18. The van der Waals surface area contributed by atoms with E-state index in [9.17, 15) is 8.42 Å². The summed E-state index contributed by atoms with van der Waals surface area (Å²) in [4.78, 5) is 2.29. The third-order valence-electron chi connectivity index (χ3n) is 4.26. The Kier molecular flexibility index (Phi) is 4.85. The molecule has 0 atom stereocenters. The lowest BCUT2D eigenvalue weighted by molar-refractivity contribution is 0.520. The van der Waals surface area contributed by atoms with Gasteiger partial charge in [0.25, 0.3) is 0 Å². The highest BCUT2D eigenvalue weighted by Crippen LogP contribution is 2.30. The predicted molar refractivity (Wildman–Crippen MR) is 107 cm³/mol. The molecule has 2 aromatic rings. The normalized spacial score (nSPS) is 14.7. The first-order valence-electron chi connectivity index (χ1n) is 8.27. The van der Waals surface area contributed by atoms with Crippen molar-refractivity contribution in [3.05, 3.63) is 90.3 Å². The Hall–Kier alpha value is -2.63. The van der Waals surface area contributed by atoms with Crippen molar-refractivity contribution in [1.29, 1.82) is 0 Å². The highest BCUT2D eigenvalue weighted by atomic mass is 32.2. The monoisotopic (exact) mass is 366 g/mol. The minimum absolute atomic E-state index is 0.279. The average Bonchev–Trinajstić information content (AvgIpc) is 2.62. The van der Waals surface area contributed by atoms with Crippen molar-refractivity contribution in [2.75, 3.05) is 19.0 Å². The van der Waals surface area contributed by atoms with Crippen molar-refractivity contribution in [1.82, 2.24) is 4.31 Å². The van der Waals surface area contributed by atoms with E-state index in [-0.39, 0.29) is 4.90 Å². The fraction of sp³-hybridized carbons (Fsp3) is 0.143. The van der Waals surface area contributed by atoms with Crippen molar-refractivity contribution < 1.29 is 8.42 Å². The number of anilines is 1. The zero-order valence-corrected chi connectivity index (χ0v) is 16.0. The first-order chi connectivity index (χ1) is 12.3. The van der Waals surface area contributed by atoms with Gasteiger partial charge < -0.3 is 4.90 Å². The zero-order chi connectivity index (χ0) is 18.9. The van der Waals surface area contributed by atoms with E-state index in [4.69, 9.17) is 0 Å². The summed E-state index contributed by atoms with van der Waals surface area (Å²) in [5.41, 5.74) is 4.81. The number of aryl methyl sites for hydroxylation is 1. The van der Waals surface area contributed by atoms with Crippen LogP contribution in [-0.2, 0) is 10.0 Å². The van der Waals surface area contributed by atoms with Crippen molar-refractivity contribution in [3.63, 3.8) is 0 Å². The third-order valence-corrected chi connectivity index (χ3v) is 6.07. The van der Waals surface area contributed by atoms with Gasteiger partial charge in [0, 0.05) is 31.7 Å². The van der Waals surface area contributed by atoms with E-state index in [0.29, 0.717) is 0 Å². The highest BCUT2D eigenvalue weighted by molar-refractivity contribution is 7.89. The Balaban J connectivity index is 2.03. The third kappa shape index (κ3) is 3.49. The van der Waals surface area contributed by atoms with Gasteiger partial charge in [-0.05, 0) is 54.0 Å². The van der Waals surface area contributed by atoms with Gasteiger partial charge in [-0.3, -0.25) is 0 Å². The molecule has 5 heteroatoms. The molecule has 0 unspecified atom stereocenters. The molecule has 4 nitrogen and oxygen atoms in total. The summed E-state index contributed by atoms with van der Waals surface area (Å²) in [5.74, 6) is 0. The van der Waals surface area contributed by atoms with Crippen LogP contribution in [0.1, 0.15) is 11.1 Å². The van der Waals surface area contributed by atoms with Crippen LogP contribution in [0.25, 0.3) is 5.57 Å². The molecule has 0 saturated heterocycles. The van der Waals surface area contributed by atoms with E-state index in [1.165, 1.54) is 24.0 Å². The standard InChI is InChI=1S/C21H22N2O2S/c1-16-7-5-9-20(13-16)23-15-19(12-11-17(23)2)18-8-6-10-21(14-18)26(24,25)22(3)4/h5-15H,2H2,1,3-4H3. The molecule has 0 aromatic heterocycles. The Morgan fingerprint density at radius 3 is 2.42 bits per heavy atom. The Labute approximate surface area is 155 Å². The van der Waals surface area contributed by atoms with Gasteiger partial charge in [0.15, 0.2) is 0 Å². The molecule has 0 saturated carbocycles. The molecule has 1 heterocycles. The Bertz CT molecular complexity index is 1020. The topological polar surface area (TPSA) is 40.6 Å². The molecule has 3 rings (SSSR count). The summed E-state index contributed by atoms with van der Waals surface area (Å²) in [6, 6.07) is 15.2. The van der Waals surface area contributed by atoms with Crippen LogP contribution >= 0.6 is 0 Å². The summed E-state index contributed by atoms with van der Waals surface area (Å²) in [5, 5.41) is 0. The van der Waals surface area contributed by atoms with Gasteiger partial charge in [-0.2, -0.15) is 0 Å². The number of sulfonamides is 1. The number of benzene rings is 2. The van der Waals surface area contributed by atoms with Gasteiger partial charge in [0.1, 0.15) is 0 Å². The lowest BCUT2D eigenvalue weighted by atomic mass is 10.0. The van der Waals surface area contributed by atoms with E-state index in [0.717, 1.165) is 22.5 Å². The molecule has 0 aliphatic carbocycles. The summed E-state index contributed by atoms with van der Waals surface area (Å²) in [7, 11) is -0.403. The highest BCUT2D eigenvalue weighted by Gasteiger charge is 2.19. The van der Waals surface area contributed by atoms with E-state index in [1.807, 2.05) is 54.4 Å². The molecule has 1 aliphatic rings. The van der Waals surface area contributed by atoms with Crippen LogP contribution in [0.2, 0.25) is 0 Å². The van der Waals surface area contributed by atoms with Gasteiger partial charge in [0.05, 0.1) is 4.90 Å². The van der Waals surface area contributed by atoms with Gasteiger partial charge >= 0.3 is 0 Å². The maximum atomic E-state index is 12.4. The van der Waals surface area contributed by atoms with Gasteiger partial charge in [-0.1, -0.05) is 36.9 Å². The van der Waals surface area contributed by atoms with Gasteiger partial charge in [-0.25, -0.2) is 12.7 Å². The molecule has 134 valence electrons. The summed E-state index contributed by atoms with van der Waals surface area (Å²) in [6.45, 7) is 6.15. The van der Waals surface area contributed by atoms with Crippen molar-refractivity contribution in [3.8, 4) is 0 Å². The molecular weight excluding hydrogens is 344 g/mol. The summed E-state index contributed by atoms with van der Waals surface area (Å²) >= 11 is 0. The van der Waals surface area contributed by atoms with E-state index in [2.05, 4.69) is 12.6 Å². The van der Waals surface area contributed by atoms with Crippen molar-refractivity contribution in [2.45, 2.75) is 11.8 Å². The molecule has 0 bridgehead atoms. The fourth-order valence-electron chi connectivity index (χ4n) is 2.77. The molecule has 0 fully saturated rings. The first kappa shape index (κ1) is 18.2. The molecule has 0 radical (unpaired) electrons. The van der Waals surface area contributed by atoms with Gasteiger partial charge in [0.2, 0.25) is 10.0 Å². The number of nitrogens with zero attached hydrogens (tertiary/aromatic N) is 2. The zero-order valence-electron chi connectivity index (χ0n) is 15.2. The molecular formula is C21H22N2O2S.